The molecule has 0 aliphatic heterocycles. The third-order valence-electron chi connectivity index (χ3n) is 4.27. The van der Waals surface area contributed by atoms with Crippen LogP contribution in [-0.4, -0.2) is 19.6 Å². The number of benzene rings is 2. The maximum absolute atomic E-state index is 4.83. The Morgan fingerprint density at radius 3 is 2.54 bits per heavy atom. The molecule has 1 N–H and O–H groups in total. The van der Waals surface area contributed by atoms with Gasteiger partial charge < -0.3 is 5.32 Å². The van der Waals surface area contributed by atoms with E-state index in [0.29, 0.717) is 0 Å². The van der Waals surface area contributed by atoms with Gasteiger partial charge in [0.25, 0.3) is 0 Å². The lowest BCUT2D eigenvalue weighted by Crippen LogP contribution is -2.06. The molecule has 0 saturated carbocycles. The quantitative estimate of drug-likeness (QED) is 0.614. The van der Waals surface area contributed by atoms with Gasteiger partial charge in [-0.05, 0) is 30.2 Å². The lowest BCUT2D eigenvalue weighted by molar-refractivity contribution is 0.904. The summed E-state index contributed by atoms with van der Waals surface area (Å²) in [6, 6.07) is 16.3. The number of hydrogen-bond donors (Lipinski definition) is 1. The van der Waals surface area contributed by atoms with E-state index in [1.165, 1.54) is 5.56 Å². The summed E-state index contributed by atoms with van der Waals surface area (Å²) in [5.74, 6) is 1.66. The molecule has 4 aromatic rings. The summed E-state index contributed by atoms with van der Waals surface area (Å²) in [4.78, 5) is 4.83. The fraction of sp³-hybridized carbons (Fsp3) is 0.211. The first kappa shape index (κ1) is 14.6. The Kier molecular flexibility index (Phi) is 3.61. The molecule has 2 heterocycles. The monoisotopic (exact) mass is 317 g/mol. The number of anilines is 2. The molecular weight excluding hydrogens is 298 g/mol. The van der Waals surface area contributed by atoms with Gasteiger partial charge in [0.2, 0.25) is 5.95 Å². The van der Waals surface area contributed by atoms with Gasteiger partial charge >= 0.3 is 0 Å². The van der Waals surface area contributed by atoms with E-state index in [0.717, 1.165) is 46.9 Å². The highest BCUT2D eigenvalue weighted by atomic mass is 15.3. The van der Waals surface area contributed by atoms with Gasteiger partial charge in [-0.1, -0.05) is 44.2 Å². The lowest BCUT2D eigenvalue weighted by Gasteiger charge is -2.13. The lowest BCUT2D eigenvalue weighted by atomic mass is 10.1. The highest BCUT2D eigenvalue weighted by Gasteiger charge is 2.14. The number of nitrogens with zero attached hydrogens (tertiary/aromatic N) is 4. The highest BCUT2D eigenvalue weighted by Crippen LogP contribution is 2.25. The Morgan fingerprint density at radius 1 is 0.917 bits per heavy atom. The summed E-state index contributed by atoms with van der Waals surface area (Å²) in [5.41, 5.74) is 4.08. The van der Waals surface area contributed by atoms with Crippen molar-refractivity contribution in [2.24, 2.45) is 0 Å². The molecule has 2 aromatic carbocycles. The summed E-state index contributed by atoms with van der Waals surface area (Å²) in [7, 11) is 0. The predicted octanol–water partition coefficient (Wildman–Crippen LogP) is 4.15. The molecule has 0 aliphatic carbocycles. The van der Waals surface area contributed by atoms with E-state index >= 15 is 0 Å². The van der Waals surface area contributed by atoms with Crippen LogP contribution in [-0.2, 0) is 12.8 Å². The van der Waals surface area contributed by atoms with Gasteiger partial charge in [0.15, 0.2) is 5.65 Å². The van der Waals surface area contributed by atoms with Gasteiger partial charge in [-0.25, -0.2) is 9.38 Å². The van der Waals surface area contributed by atoms with E-state index in [1.54, 1.807) is 0 Å². The molecule has 120 valence electrons. The van der Waals surface area contributed by atoms with Crippen molar-refractivity contribution in [1.29, 1.82) is 0 Å². The van der Waals surface area contributed by atoms with Crippen LogP contribution in [0.2, 0.25) is 0 Å². The van der Waals surface area contributed by atoms with Gasteiger partial charge in [0, 0.05) is 17.5 Å². The molecule has 0 amide bonds. The Hall–Kier alpha value is -2.95. The number of aryl methyl sites for hydroxylation is 2. The Bertz CT molecular complexity index is 1020. The van der Waals surface area contributed by atoms with Gasteiger partial charge in [0.1, 0.15) is 5.82 Å². The predicted molar refractivity (Wildman–Crippen MR) is 96.8 cm³/mol. The first-order chi connectivity index (χ1) is 11.8. The molecule has 0 spiro atoms. The van der Waals surface area contributed by atoms with E-state index in [4.69, 9.17) is 4.98 Å². The molecule has 0 unspecified atom stereocenters. The topological polar surface area (TPSA) is 55.1 Å². The van der Waals surface area contributed by atoms with Crippen molar-refractivity contribution in [3.63, 3.8) is 0 Å². The smallest absolute Gasteiger partial charge is 0.215 e. The largest absolute Gasteiger partial charge is 0.325 e. The molecule has 0 bridgehead atoms. The minimum atomic E-state index is 0.756. The molecule has 0 atom stereocenters. The molecule has 24 heavy (non-hydrogen) atoms. The van der Waals surface area contributed by atoms with Crippen LogP contribution in [0.25, 0.3) is 16.6 Å². The standard InChI is InChI=1S/C19H19N5/c1-3-13-9-5-7-11-15(13)20-19-21-16-12-8-6-10-14(16)18-23-22-17(4-2)24(18)19/h5-12H,3-4H2,1-2H3,(H,20,21). The van der Waals surface area contributed by atoms with Crippen molar-refractivity contribution in [1.82, 2.24) is 19.6 Å². The second kappa shape index (κ2) is 5.92. The summed E-state index contributed by atoms with van der Waals surface area (Å²) in [6.07, 6.45) is 1.76. The Balaban J connectivity index is 1.97. The minimum absolute atomic E-state index is 0.756. The van der Waals surface area contributed by atoms with Crippen molar-refractivity contribution in [3.8, 4) is 0 Å². The van der Waals surface area contributed by atoms with Crippen LogP contribution in [0.5, 0.6) is 0 Å². The molecule has 0 radical (unpaired) electrons. The van der Waals surface area contributed by atoms with Crippen molar-refractivity contribution < 1.29 is 0 Å². The second-order valence-electron chi connectivity index (χ2n) is 5.72. The number of hydrogen-bond acceptors (Lipinski definition) is 4. The molecule has 5 heteroatoms. The summed E-state index contributed by atoms with van der Waals surface area (Å²) in [5, 5.41) is 13.2. The zero-order valence-corrected chi connectivity index (χ0v) is 13.8. The maximum Gasteiger partial charge on any atom is 0.215 e. The van der Waals surface area contributed by atoms with E-state index in [-0.39, 0.29) is 0 Å². The van der Waals surface area contributed by atoms with Crippen LogP contribution in [0.4, 0.5) is 11.6 Å². The number of fused-ring (bicyclic) bond motifs is 3. The summed E-state index contributed by atoms with van der Waals surface area (Å²) in [6.45, 7) is 4.23. The van der Waals surface area contributed by atoms with Gasteiger partial charge in [-0.2, -0.15) is 0 Å². The fourth-order valence-corrected chi connectivity index (χ4v) is 3.02. The van der Waals surface area contributed by atoms with Gasteiger partial charge in [-0.3, -0.25) is 0 Å². The molecule has 2 aromatic heterocycles. The van der Waals surface area contributed by atoms with E-state index in [2.05, 4.69) is 47.6 Å². The average molecular weight is 317 g/mol. The van der Waals surface area contributed by atoms with Crippen LogP contribution in [0.15, 0.2) is 48.5 Å². The molecule has 4 rings (SSSR count). The molecular formula is C19H19N5. The Labute approximate surface area is 140 Å². The third-order valence-corrected chi connectivity index (χ3v) is 4.27. The minimum Gasteiger partial charge on any atom is -0.325 e. The van der Waals surface area contributed by atoms with Crippen LogP contribution in [0, 0.1) is 0 Å². The number of rotatable bonds is 4. The zero-order chi connectivity index (χ0) is 16.5. The molecule has 0 aliphatic rings. The zero-order valence-electron chi connectivity index (χ0n) is 13.8. The van der Waals surface area contributed by atoms with Crippen molar-refractivity contribution in [3.05, 3.63) is 59.9 Å². The first-order valence-corrected chi connectivity index (χ1v) is 8.29. The van der Waals surface area contributed by atoms with Crippen LogP contribution in [0.3, 0.4) is 0 Å². The van der Waals surface area contributed by atoms with E-state index in [1.807, 2.05) is 34.7 Å². The number of aromatic nitrogens is 4. The van der Waals surface area contributed by atoms with Crippen molar-refractivity contribution >= 4 is 28.2 Å². The molecule has 0 saturated heterocycles. The number of nitrogens with one attached hydrogen (secondary N) is 1. The van der Waals surface area contributed by atoms with Crippen LogP contribution in [0.1, 0.15) is 25.2 Å². The van der Waals surface area contributed by atoms with Crippen molar-refractivity contribution in [2.75, 3.05) is 5.32 Å². The van der Waals surface area contributed by atoms with Gasteiger partial charge in [0.05, 0.1) is 5.52 Å². The highest BCUT2D eigenvalue weighted by molar-refractivity contribution is 5.92. The average Bonchev–Trinajstić information content (AvgIpc) is 3.07. The molecule has 0 fully saturated rings. The van der Waals surface area contributed by atoms with E-state index < -0.39 is 0 Å². The number of para-hydroxylation sites is 2. The van der Waals surface area contributed by atoms with E-state index in [9.17, 15) is 0 Å². The maximum atomic E-state index is 4.83. The van der Waals surface area contributed by atoms with Crippen LogP contribution >= 0.6 is 0 Å². The fourth-order valence-electron chi connectivity index (χ4n) is 3.02. The third kappa shape index (κ3) is 2.29. The summed E-state index contributed by atoms with van der Waals surface area (Å²) < 4.78 is 2.02. The second-order valence-corrected chi connectivity index (χ2v) is 5.72. The normalized spacial score (nSPS) is 11.2. The molecule has 5 nitrogen and oxygen atoms in total. The first-order valence-electron chi connectivity index (χ1n) is 8.29. The Morgan fingerprint density at radius 2 is 1.71 bits per heavy atom. The van der Waals surface area contributed by atoms with Crippen molar-refractivity contribution in [2.45, 2.75) is 26.7 Å². The SMILES string of the molecule is CCc1ccccc1Nc1nc2ccccc2c2nnc(CC)n12. The summed E-state index contributed by atoms with van der Waals surface area (Å²) >= 11 is 0. The van der Waals surface area contributed by atoms with Gasteiger partial charge in [-0.15, -0.1) is 10.2 Å². The van der Waals surface area contributed by atoms with Crippen LogP contribution < -0.4 is 5.32 Å².